The van der Waals surface area contributed by atoms with Gasteiger partial charge in [0.25, 0.3) is 0 Å². The zero-order valence-corrected chi connectivity index (χ0v) is 11.6. The molecule has 0 spiro atoms. The second-order valence-corrected chi connectivity index (χ2v) is 5.76. The third-order valence-electron chi connectivity index (χ3n) is 3.50. The van der Waals surface area contributed by atoms with Gasteiger partial charge in [0, 0.05) is 30.0 Å². The van der Waals surface area contributed by atoms with Crippen molar-refractivity contribution in [3.05, 3.63) is 33.6 Å². The first kappa shape index (κ1) is 11.8. The largest absolute Gasteiger partial charge is 0.370 e. The number of aromatic nitrogens is 2. The highest BCUT2D eigenvalue weighted by molar-refractivity contribution is 7.09. The van der Waals surface area contributed by atoms with E-state index in [1.165, 1.54) is 41.2 Å². The molecule has 2 aromatic rings. The van der Waals surface area contributed by atoms with Gasteiger partial charge in [-0.1, -0.05) is 6.07 Å². The van der Waals surface area contributed by atoms with Crippen molar-refractivity contribution >= 4 is 17.2 Å². The van der Waals surface area contributed by atoms with E-state index in [-0.39, 0.29) is 0 Å². The van der Waals surface area contributed by atoms with Crippen LogP contribution in [-0.4, -0.2) is 16.3 Å². The number of aryl methyl sites for hydroxylation is 1. The van der Waals surface area contributed by atoms with Crippen LogP contribution in [0.3, 0.4) is 0 Å². The fourth-order valence-electron chi connectivity index (χ4n) is 2.59. The average molecular weight is 261 g/mol. The van der Waals surface area contributed by atoms with E-state index in [0.717, 1.165) is 19.5 Å². The summed E-state index contributed by atoms with van der Waals surface area (Å²) in [5.74, 6) is 1.27. The second-order valence-electron chi connectivity index (χ2n) is 4.73. The normalized spacial score (nSPS) is 14.9. The molecule has 0 radical (unpaired) electrons. The molecule has 0 unspecified atom stereocenters. The highest BCUT2D eigenvalue weighted by atomic mass is 32.1. The quantitative estimate of drug-likeness (QED) is 0.918. The minimum Gasteiger partial charge on any atom is -0.370 e. The summed E-state index contributed by atoms with van der Waals surface area (Å²) >= 11 is 1.82. The lowest BCUT2D eigenvalue weighted by Gasteiger charge is -2.06. The maximum atomic E-state index is 4.79. The van der Waals surface area contributed by atoms with Crippen LogP contribution in [-0.2, 0) is 19.4 Å². The molecule has 4 heteroatoms. The summed E-state index contributed by atoms with van der Waals surface area (Å²) < 4.78 is 2.13. The van der Waals surface area contributed by atoms with E-state index >= 15 is 0 Å². The number of nitrogens with one attached hydrogen (secondary N) is 1. The van der Waals surface area contributed by atoms with E-state index in [9.17, 15) is 0 Å². The van der Waals surface area contributed by atoms with Crippen molar-refractivity contribution in [2.75, 3.05) is 11.9 Å². The first-order valence-corrected chi connectivity index (χ1v) is 7.61. The first-order chi connectivity index (χ1) is 8.88. The summed E-state index contributed by atoms with van der Waals surface area (Å²) in [6, 6.07) is 4.32. The Balaban J connectivity index is 1.96. The van der Waals surface area contributed by atoms with E-state index in [1.807, 2.05) is 11.3 Å². The Morgan fingerprint density at radius 2 is 2.39 bits per heavy atom. The topological polar surface area (TPSA) is 29.9 Å². The van der Waals surface area contributed by atoms with Crippen LogP contribution >= 0.6 is 11.3 Å². The van der Waals surface area contributed by atoms with Gasteiger partial charge in [-0.25, -0.2) is 4.68 Å². The lowest BCUT2D eigenvalue weighted by molar-refractivity contribution is 0.652. The molecule has 0 saturated carbocycles. The van der Waals surface area contributed by atoms with Crippen molar-refractivity contribution in [1.29, 1.82) is 0 Å². The van der Waals surface area contributed by atoms with Crippen molar-refractivity contribution in [3.63, 3.8) is 0 Å². The van der Waals surface area contributed by atoms with Gasteiger partial charge in [0.15, 0.2) is 0 Å². The number of hydrogen-bond donors (Lipinski definition) is 1. The standard InChI is InChI=1S/C14H19N3S/c1-2-17-14-12(7-3-4-8-15-14)13(16-17)10-11-6-5-9-18-11/h5-6,9,15H,2-4,7-8,10H2,1H3. The molecule has 0 aromatic carbocycles. The summed E-state index contributed by atoms with van der Waals surface area (Å²) in [5, 5.41) is 10.5. The Labute approximate surface area is 112 Å². The molecule has 3 nitrogen and oxygen atoms in total. The Morgan fingerprint density at radius 1 is 1.44 bits per heavy atom. The van der Waals surface area contributed by atoms with E-state index in [1.54, 1.807) is 0 Å². The number of nitrogens with zero attached hydrogens (tertiary/aromatic N) is 2. The zero-order valence-electron chi connectivity index (χ0n) is 10.8. The van der Waals surface area contributed by atoms with Crippen LogP contribution in [0.5, 0.6) is 0 Å². The van der Waals surface area contributed by atoms with E-state index in [4.69, 9.17) is 5.10 Å². The Kier molecular flexibility index (Phi) is 3.37. The second kappa shape index (κ2) is 5.14. The van der Waals surface area contributed by atoms with Gasteiger partial charge in [-0.15, -0.1) is 11.3 Å². The van der Waals surface area contributed by atoms with Crippen LogP contribution in [0.1, 0.15) is 35.9 Å². The van der Waals surface area contributed by atoms with Gasteiger partial charge in [-0.3, -0.25) is 0 Å². The molecule has 3 heterocycles. The lowest BCUT2D eigenvalue weighted by atomic mass is 10.1. The molecule has 96 valence electrons. The van der Waals surface area contributed by atoms with Crippen LogP contribution in [0.25, 0.3) is 0 Å². The zero-order chi connectivity index (χ0) is 12.4. The fraction of sp³-hybridized carbons (Fsp3) is 0.500. The number of fused-ring (bicyclic) bond motifs is 1. The molecule has 18 heavy (non-hydrogen) atoms. The van der Waals surface area contributed by atoms with Gasteiger partial charge in [-0.05, 0) is 37.6 Å². The van der Waals surface area contributed by atoms with Gasteiger partial charge >= 0.3 is 0 Å². The molecular formula is C14H19N3S. The summed E-state index contributed by atoms with van der Waals surface area (Å²) in [6.07, 6.45) is 4.68. The molecule has 0 bridgehead atoms. The molecule has 1 aliphatic rings. The van der Waals surface area contributed by atoms with E-state index < -0.39 is 0 Å². The molecule has 1 N–H and O–H groups in total. The highest BCUT2D eigenvalue weighted by Gasteiger charge is 2.19. The molecular weight excluding hydrogens is 242 g/mol. The van der Waals surface area contributed by atoms with E-state index in [2.05, 4.69) is 34.4 Å². The van der Waals surface area contributed by atoms with Gasteiger partial charge in [0.1, 0.15) is 5.82 Å². The molecule has 0 saturated heterocycles. The van der Waals surface area contributed by atoms with Gasteiger partial charge < -0.3 is 5.32 Å². The lowest BCUT2D eigenvalue weighted by Crippen LogP contribution is -2.07. The number of rotatable bonds is 3. The fourth-order valence-corrected chi connectivity index (χ4v) is 3.30. The summed E-state index contributed by atoms with van der Waals surface area (Å²) in [7, 11) is 0. The first-order valence-electron chi connectivity index (χ1n) is 6.73. The number of anilines is 1. The van der Waals surface area contributed by atoms with Gasteiger partial charge in [-0.2, -0.15) is 5.10 Å². The molecule has 0 amide bonds. The predicted octanol–water partition coefficient (Wildman–Crippen LogP) is 3.30. The van der Waals surface area contributed by atoms with Gasteiger partial charge in [0.05, 0.1) is 5.69 Å². The smallest absolute Gasteiger partial charge is 0.127 e. The SMILES string of the molecule is CCn1nc(Cc2cccs2)c2c1NCCCC2. The van der Waals surface area contributed by atoms with Crippen LogP contribution in [0.2, 0.25) is 0 Å². The van der Waals surface area contributed by atoms with Crippen molar-refractivity contribution in [1.82, 2.24) is 9.78 Å². The summed E-state index contributed by atoms with van der Waals surface area (Å²) in [4.78, 5) is 1.41. The maximum absolute atomic E-state index is 4.79. The molecule has 0 aliphatic carbocycles. The average Bonchev–Trinajstić information content (AvgIpc) is 2.92. The summed E-state index contributed by atoms with van der Waals surface area (Å²) in [6.45, 7) is 4.19. The van der Waals surface area contributed by atoms with Crippen molar-refractivity contribution in [2.45, 2.75) is 39.2 Å². The van der Waals surface area contributed by atoms with Crippen LogP contribution in [0, 0.1) is 0 Å². The third-order valence-corrected chi connectivity index (χ3v) is 4.38. The highest BCUT2D eigenvalue weighted by Crippen LogP contribution is 2.27. The third kappa shape index (κ3) is 2.17. The number of hydrogen-bond acceptors (Lipinski definition) is 3. The minimum atomic E-state index is 0.944. The Hall–Kier alpha value is -1.29. The van der Waals surface area contributed by atoms with Crippen LogP contribution in [0.4, 0.5) is 5.82 Å². The molecule has 3 rings (SSSR count). The van der Waals surface area contributed by atoms with E-state index in [0.29, 0.717) is 0 Å². The Morgan fingerprint density at radius 3 is 3.17 bits per heavy atom. The number of thiophene rings is 1. The predicted molar refractivity (Wildman–Crippen MR) is 76.5 cm³/mol. The molecule has 2 aromatic heterocycles. The molecule has 0 fully saturated rings. The van der Waals surface area contributed by atoms with Crippen molar-refractivity contribution in [2.24, 2.45) is 0 Å². The van der Waals surface area contributed by atoms with Crippen LogP contribution < -0.4 is 5.32 Å². The maximum Gasteiger partial charge on any atom is 0.127 e. The summed E-state index contributed by atoms with van der Waals surface area (Å²) in [5.41, 5.74) is 2.71. The monoisotopic (exact) mass is 261 g/mol. The van der Waals surface area contributed by atoms with Crippen molar-refractivity contribution in [3.8, 4) is 0 Å². The van der Waals surface area contributed by atoms with Crippen molar-refractivity contribution < 1.29 is 0 Å². The van der Waals surface area contributed by atoms with Gasteiger partial charge in [0.2, 0.25) is 0 Å². The Bertz CT molecular complexity index is 513. The molecule has 1 aliphatic heterocycles. The minimum absolute atomic E-state index is 0.944. The molecule has 0 atom stereocenters. The van der Waals surface area contributed by atoms with Crippen LogP contribution in [0.15, 0.2) is 17.5 Å².